The van der Waals surface area contributed by atoms with Crippen LogP contribution in [0.3, 0.4) is 0 Å². The lowest BCUT2D eigenvalue weighted by atomic mass is 10.1. The molecular weight excluding hydrogens is 526 g/mol. The van der Waals surface area contributed by atoms with E-state index in [0.29, 0.717) is 32.0 Å². The fourth-order valence-corrected chi connectivity index (χ4v) is 4.08. The average molecular weight is 556 g/mol. The molecule has 1 fully saturated rings. The van der Waals surface area contributed by atoms with E-state index in [0.717, 1.165) is 41.0 Å². The van der Waals surface area contributed by atoms with Crippen LogP contribution in [-0.4, -0.2) is 36.6 Å². The van der Waals surface area contributed by atoms with Gasteiger partial charge in [-0.25, -0.2) is 4.39 Å². The summed E-state index contributed by atoms with van der Waals surface area (Å²) in [4.78, 5) is 18.0. The van der Waals surface area contributed by atoms with Gasteiger partial charge in [0.25, 0.3) is 0 Å². The van der Waals surface area contributed by atoms with Gasteiger partial charge in [0.2, 0.25) is 5.91 Å². The minimum Gasteiger partial charge on any atom is -0.352 e. The van der Waals surface area contributed by atoms with Crippen LogP contribution in [0, 0.1) is 5.82 Å². The summed E-state index contributed by atoms with van der Waals surface area (Å²) in [5.41, 5.74) is 4.35. The Morgan fingerprint density at radius 2 is 1.81 bits per heavy atom. The van der Waals surface area contributed by atoms with Gasteiger partial charge in [-0.2, -0.15) is 11.8 Å². The number of amides is 1. The molecule has 1 aliphatic heterocycles. The van der Waals surface area contributed by atoms with E-state index in [4.69, 9.17) is 0 Å². The lowest BCUT2D eigenvalue weighted by molar-refractivity contribution is -0.128. The molecule has 0 aromatic heterocycles. The molecule has 0 saturated carbocycles. The number of rotatable bonds is 8. The first-order valence-electron chi connectivity index (χ1n) is 10.2. The number of guanidine groups is 1. The normalized spacial score (nSPS) is 13.8. The second-order valence-corrected chi connectivity index (χ2v) is 8.23. The summed E-state index contributed by atoms with van der Waals surface area (Å²) in [6, 6.07) is 13.2. The molecule has 1 aliphatic rings. The summed E-state index contributed by atoms with van der Waals surface area (Å²) in [5.74, 6) is 1.51. The molecule has 2 aromatic rings. The molecule has 0 aliphatic carbocycles. The Balaban J connectivity index is 0.00000341. The van der Waals surface area contributed by atoms with Crippen molar-refractivity contribution in [1.29, 1.82) is 0 Å². The Morgan fingerprint density at radius 3 is 2.45 bits per heavy atom. The number of hydrogen-bond acceptors (Lipinski definition) is 3. The van der Waals surface area contributed by atoms with Crippen molar-refractivity contribution in [1.82, 2.24) is 15.5 Å². The zero-order chi connectivity index (χ0) is 21.3. The second kappa shape index (κ2) is 12.9. The predicted octanol–water partition coefficient (Wildman–Crippen LogP) is 4.29. The van der Waals surface area contributed by atoms with E-state index in [1.807, 2.05) is 17.2 Å². The van der Waals surface area contributed by atoms with Gasteiger partial charge in [0.05, 0.1) is 0 Å². The third kappa shape index (κ3) is 7.68. The van der Waals surface area contributed by atoms with Crippen molar-refractivity contribution in [3.05, 3.63) is 70.5 Å². The zero-order valence-electron chi connectivity index (χ0n) is 18.0. The van der Waals surface area contributed by atoms with Crippen LogP contribution < -0.4 is 10.6 Å². The fourth-order valence-electron chi connectivity index (χ4n) is 3.50. The monoisotopic (exact) mass is 556 g/mol. The third-order valence-electron chi connectivity index (χ3n) is 5.17. The molecule has 1 amide bonds. The van der Waals surface area contributed by atoms with Gasteiger partial charge in [0.1, 0.15) is 5.82 Å². The number of benzene rings is 2. The van der Waals surface area contributed by atoms with Gasteiger partial charge in [-0.3, -0.25) is 9.79 Å². The second-order valence-electron chi connectivity index (χ2n) is 7.36. The van der Waals surface area contributed by atoms with Crippen molar-refractivity contribution in [3.8, 4) is 0 Å². The molecule has 3 rings (SSSR count). The van der Waals surface area contributed by atoms with Gasteiger partial charge >= 0.3 is 0 Å². The molecule has 168 valence electrons. The minimum absolute atomic E-state index is 0. The topological polar surface area (TPSA) is 56.7 Å². The number of hydrogen-bond donors (Lipinski definition) is 2. The molecule has 0 unspecified atom stereocenters. The Hall–Kier alpha value is -1.81. The Morgan fingerprint density at radius 1 is 1.10 bits per heavy atom. The molecule has 0 bridgehead atoms. The van der Waals surface area contributed by atoms with Gasteiger partial charge < -0.3 is 15.5 Å². The summed E-state index contributed by atoms with van der Waals surface area (Å²) < 4.78 is 13.5. The van der Waals surface area contributed by atoms with E-state index in [-0.39, 0.29) is 35.7 Å². The van der Waals surface area contributed by atoms with Crippen LogP contribution in [0.5, 0.6) is 0 Å². The van der Waals surface area contributed by atoms with Crippen LogP contribution in [0.4, 0.5) is 4.39 Å². The van der Waals surface area contributed by atoms with Gasteiger partial charge in [-0.05, 0) is 47.1 Å². The lowest BCUT2D eigenvalue weighted by Gasteiger charge is -2.16. The van der Waals surface area contributed by atoms with E-state index in [2.05, 4.69) is 39.9 Å². The van der Waals surface area contributed by atoms with Gasteiger partial charge in [0.15, 0.2) is 5.96 Å². The van der Waals surface area contributed by atoms with Gasteiger partial charge in [-0.15, -0.1) is 24.0 Å². The van der Waals surface area contributed by atoms with Crippen molar-refractivity contribution < 1.29 is 9.18 Å². The van der Waals surface area contributed by atoms with Crippen molar-refractivity contribution in [2.45, 2.75) is 38.2 Å². The average Bonchev–Trinajstić information content (AvgIpc) is 3.15. The first-order valence-corrected chi connectivity index (χ1v) is 11.5. The quantitative estimate of drug-likeness (QED) is 0.290. The van der Waals surface area contributed by atoms with E-state index in [9.17, 15) is 9.18 Å². The van der Waals surface area contributed by atoms with Crippen LogP contribution in [0.2, 0.25) is 0 Å². The summed E-state index contributed by atoms with van der Waals surface area (Å²) in [7, 11) is 1.74. The van der Waals surface area contributed by atoms with E-state index >= 15 is 0 Å². The maximum absolute atomic E-state index is 13.5. The molecule has 0 radical (unpaired) electrons. The smallest absolute Gasteiger partial charge is 0.222 e. The van der Waals surface area contributed by atoms with Crippen LogP contribution in [0.25, 0.3) is 0 Å². The van der Waals surface area contributed by atoms with E-state index in [1.54, 1.807) is 24.9 Å². The molecule has 5 nitrogen and oxygen atoms in total. The number of aliphatic imine (C=N–C) groups is 1. The number of nitrogens with zero attached hydrogens (tertiary/aromatic N) is 2. The Bertz CT molecular complexity index is 892. The number of halogens is 2. The molecular formula is C23H30FIN4OS. The number of likely N-dealkylation sites (tertiary alicyclic amines) is 1. The molecule has 2 N–H and O–H groups in total. The maximum atomic E-state index is 13.5. The fraction of sp³-hybridized carbons (Fsp3) is 0.391. The van der Waals surface area contributed by atoms with Crippen molar-refractivity contribution in [2.75, 3.05) is 19.8 Å². The molecule has 1 heterocycles. The van der Waals surface area contributed by atoms with E-state index < -0.39 is 0 Å². The zero-order valence-corrected chi connectivity index (χ0v) is 21.1. The van der Waals surface area contributed by atoms with Crippen LogP contribution >= 0.6 is 35.7 Å². The first kappa shape index (κ1) is 25.5. The summed E-state index contributed by atoms with van der Waals surface area (Å²) >= 11 is 1.67. The van der Waals surface area contributed by atoms with Gasteiger partial charge in [0, 0.05) is 45.4 Å². The van der Waals surface area contributed by atoms with Crippen molar-refractivity contribution in [2.24, 2.45) is 4.99 Å². The minimum atomic E-state index is -0.206. The molecule has 31 heavy (non-hydrogen) atoms. The Labute approximate surface area is 205 Å². The third-order valence-corrected chi connectivity index (χ3v) is 5.77. The summed E-state index contributed by atoms with van der Waals surface area (Å²) in [6.45, 7) is 2.77. The molecule has 0 spiro atoms. The highest BCUT2D eigenvalue weighted by atomic mass is 127. The lowest BCUT2D eigenvalue weighted by Crippen LogP contribution is -2.36. The number of carbonyl (C=O) groups is 1. The Kier molecular flexibility index (Phi) is 10.6. The molecule has 2 aromatic carbocycles. The molecule has 0 atom stereocenters. The van der Waals surface area contributed by atoms with Crippen molar-refractivity contribution >= 4 is 47.6 Å². The van der Waals surface area contributed by atoms with Crippen LogP contribution in [0.15, 0.2) is 47.5 Å². The highest BCUT2D eigenvalue weighted by Crippen LogP contribution is 2.17. The van der Waals surface area contributed by atoms with Crippen LogP contribution in [0.1, 0.15) is 35.1 Å². The predicted molar refractivity (Wildman–Crippen MR) is 137 cm³/mol. The number of thioether (sulfide) groups is 1. The van der Waals surface area contributed by atoms with E-state index in [1.165, 1.54) is 6.07 Å². The largest absolute Gasteiger partial charge is 0.352 e. The summed E-state index contributed by atoms with van der Waals surface area (Å²) in [5, 5.41) is 6.62. The SMILES string of the molecule is CN=C(NCc1ccc(CN2CCCC2=O)cc1)NCc1ccc(F)cc1CSC.I. The van der Waals surface area contributed by atoms with Crippen LogP contribution in [-0.2, 0) is 30.2 Å². The van der Waals surface area contributed by atoms with Gasteiger partial charge in [-0.1, -0.05) is 30.3 Å². The highest BCUT2D eigenvalue weighted by molar-refractivity contribution is 14.0. The number of carbonyl (C=O) groups excluding carboxylic acids is 1. The van der Waals surface area contributed by atoms with Crippen molar-refractivity contribution in [3.63, 3.8) is 0 Å². The molecule has 8 heteroatoms. The number of nitrogens with one attached hydrogen (secondary N) is 2. The molecule has 1 saturated heterocycles. The standard InChI is InChI=1S/C23H29FN4OS.HI/c1-25-23(27-14-19-9-10-21(24)12-20(19)16-30-2)26-13-17-5-7-18(8-6-17)15-28-11-3-4-22(28)29;/h5-10,12H,3-4,11,13-16H2,1-2H3,(H2,25,26,27);1H. The first-order chi connectivity index (χ1) is 14.6. The highest BCUT2D eigenvalue weighted by Gasteiger charge is 2.19. The maximum Gasteiger partial charge on any atom is 0.222 e. The summed E-state index contributed by atoms with van der Waals surface area (Å²) in [6.07, 6.45) is 3.64.